The normalized spacial score (nSPS) is 22.8. The smallest absolute Gasteiger partial charge is 0.242 e. The lowest BCUT2D eigenvalue weighted by Gasteiger charge is -2.26. The monoisotopic (exact) mass is 318 g/mol. The van der Waals surface area contributed by atoms with Gasteiger partial charge in [-0.15, -0.1) is 0 Å². The predicted octanol–water partition coefficient (Wildman–Crippen LogP) is 3.40. The van der Waals surface area contributed by atoms with Crippen molar-refractivity contribution >= 4 is 20.9 Å². The van der Waals surface area contributed by atoms with E-state index in [2.05, 4.69) is 16.6 Å². The lowest BCUT2D eigenvalue weighted by Crippen LogP contribution is -2.37. The Balaban J connectivity index is 1.92. The Bertz CT molecular complexity index is 778. The molecule has 2 aromatic rings. The van der Waals surface area contributed by atoms with Gasteiger partial charge in [0.25, 0.3) is 0 Å². The summed E-state index contributed by atoms with van der Waals surface area (Å²) in [6.07, 6.45) is 5.71. The second-order valence-electron chi connectivity index (χ2n) is 6.42. The van der Waals surface area contributed by atoms with Gasteiger partial charge in [-0.25, -0.2) is 13.1 Å². The van der Waals surface area contributed by atoms with E-state index in [1.165, 1.54) is 0 Å². The summed E-state index contributed by atoms with van der Waals surface area (Å²) in [4.78, 5) is 4.61. The van der Waals surface area contributed by atoms with Gasteiger partial charge in [0.1, 0.15) is 4.90 Å². The largest absolute Gasteiger partial charge is 0.255 e. The molecule has 3 rings (SSSR count). The molecule has 1 fully saturated rings. The van der Waals surface area contributed by atoms with E-state index in [0.29, 0.717) is 11.4 Å². The molecule has 0 spiro atoms. The fourth-order valence-electron chi connectivity index (χ4n) is 3.12. The molecule has 0 unspecified atom stereocenters. The molecule has 1 N–H and O–H groups in total. The molecule has 1 aliphatic rings. The standard InChI is InChI=1S/C17H22N2O2S/c1-12-6-8-15(9-7-12)19-22(20,21)16-5-3-4-14-10-13(2)11-18-17(14)16/h3-5,10-12,15,19H,6-9H2,1-2H3. The Hall–Kier alpha value is -1.46. The summed E-state index contributed by atoms with van der Waals surface area (Å²) in [6.45, 7) is 4.18. The van der Waals surface area contributed by atoms with Crippen LogP contribution in [-0.2, 0) is 10.0 Å². The molecule has 0 aliphatic heterocycles. The van der Waals surface area contributed by atoms with Gasteiger partial charge in [0.2, 0.25) is 10.0 Å². The molecule has 1 aliphatic carbocycles. The fourth-order valence-corrected chi connectivity index (χ4v) is 4.60. The van der Waals surface area contributed by atoms with Gasteiger partial charge in [0.15, 0.2) is 0 Å². The second kappa shape index (κ2) is 5.97. The molecule has 0 saturated heterocycles. The number of aryl methyl sites for hydroxylation is 1. The minimum atomic E-state index is -3.53. The Morgan fingerprint density at radius 2 is 1.91 bits per heavy atom. The van der Waals surface area contributed by atoms with E-state index in [1.807, 2.05) is 19.1 Å². The summed E-state index contributed by atoms with van der Waals surface area (Å²) in [5, 5.41) is 0.861. The van der Waals surface area contributed by atoms with Gasteiger partial charge in [0.05, 0.1) is 5.52 Å². The lowest BCUT2D eigenvalue weighted by atomic mass is 9.88. The zero-order valence-electron chi connectivity index (χ0n) is 13.0. The minimum Gasteiger partial charge on any atom is -0.255 e. The van der Waals surface area contributed by atoms with Gasteiger partial charge in [0, 0.05) is 17.6 Å². The van der Waals surface area contributed by atoms with Crippen LogP contribution in [0.5, 0.6) is 0 Å². The van der Waals surface area contributed by atoms with E-state index >= 15 is 0 Å². The Morgan fingerprint density at radius 1 is 1.18 bits per heavy atom. The number of hydrogen-bond acceptors (Lipinski definition) is 3. The van der Waals surface area contributed by atoms with Crippen LogP contribution < -0.4 is 4.72 Å². The van der Waals surface area contributed by atoms with Crippen LogP contribution in [0.3, 0.4) is 0 Å². The van der Waals surface area contributed by atoms with Crippen LogP contribution in [0.2, 0.25) is 0 Å². The number of aromatic nitrogens is 1. The van der Waals surface area contributed by atoms with Crippen molar-refractivity contribution < 1.29 is 8.42 Å². The molecule has 1 aromatic heterocycles. The van der Waals surface area contributed by atoms with Crippen molar-refractivity contribution in [2.45, 2.75) is 50.5 Å². The molecule has 0 amide bonds. The molecular formula is C17H22N2O2S. The maximum Gasteiger partial charge on any atom is 0.242 e. The van der Waals surface area contributed by atoms with Crippen molar-refractivity contribution in [3.63, 3.8) is 0 Å². The number of sulfonamides is 1. The predicted molar refractivity (Wildman–Crippen MR) is 88.2 cm³/mol. The average molecular weight is 318 g/mol. The number of hydrogen-bond donors (Lipinski definition) is 1. The topological polar surface area (TPSA) is 59.1 Å². The maximum absolute atomic E-state index is 12.7. The first-order chi connectivity index (χ1) is 10.5. The molecule has 0 atom stereocenters. The van der Waals surface area contributed by atoms with E-state index in [1.54, 1.807) is 18.3 Å². The highest BCUT2D eigenvalue weighted by Crippen LogP contribution is 2.26. The van der Waals surface area contributed by atoms with Crippen LogP contribution in [0.1, 0.15) is 38.2 Å². The van der Waals surface area contributed by atoms with Crippen molar-refractivity contribution in [3.05, 3.63) is 36.0 Å². The molecule has 5 heteroatoms. The van der Waals surface area contributed by atoms with E-state index in [0.717, 1.165) is 36.6 Å². The highest BCUT2D eigenvalue weighted by atomic mass is 32.2. The van der Waals surface area contributed by atoms with Gasteiger partial charge < -0.3 is 0 Å². The highest BCUT2D eigenvalue weighted by molar-refractivity contribution is 7.89. The zero-order valence-corrected chi connectivity index (χ0v) is 13.9. The highest BCUT2D eigenvalue weighted by Gasteiger charge is 2.25. The first-order valence-corrected chi connectivity index (χ1v) is 9.32. The number of nitrogens with zero attached hydrogens (tertiary/aromatic N) is 1. The molecule has 118 valence electrons. The third kappa shape index (κ3) is 3.15. The lowest BCUT2D eigenvalue weighted by molar-refractivity contribution is 0.332. The van der Waals surface area contributed by atoms with Crippen molar-refractivity contribution in [1.82, 2.24) is 9.71 Å². The number of para-hydroxylation sites is 1. The first-order valence-electron chi connectivity index (χ1n) is 7.83. The van der Waals surface area contributed by atoms with E-state index in [9.17, 15) is 8.42 Å². The SMILES string of the molecule is Cc1cnc2c(S(=O)(=O)NC3CCC(C)CC3)cccc2c1. The number of nitrogens with one attached hydrogen (secondary N) is 1. The van der Waals surface area contributed by atoms with Gasteiger partial charge in [-0.05, 0) is 56.2 Å². The number of benzene rings is 1. The third-order valence-corrected chi connectivity index (χ3v) is 5.99. The maximum atomic E-state index is 12.7. The average Bonchev–Trinajstić information content (AvgIpc) is 2.48. The first kappa shape index (κ1) is 15.4. The minimum absolute atomic E-state index is 0.0434. The molecule has 1 saturated carbocycles. The quantitative estimate of drug-likeness (QED) is 0.943. The Labute approximate surface area is 132 Å². The molecule has 0 bridgehead atoms. The summed E-state index contributed by atoms with van der Waals surface area (Å²) < 4.78 is 28.3. The summed E-state index contributed by atoms with van der Waals surface area (Å²) in [5.41, 5.74) is 1.57. The van der Waals surface area contributed by atoms with Crippen LogP contribution in [0.25, 0.3) is 10.9 Å². The number of fused-ring (bicyclic) bond motifs is 1. The van der Waals surface area contributed by atoms with Crippen molar-refractivity contribution in [2.24, 2.45) is 5.92 Å². The van der Waals surface area contributed by atoms with Crippen LogP contribution in [-0.4, -0.2) is 19.4 Å². The summed E-state index contributed by atoms with van der Waals surface area (Å²) in [7, 11) is -3.53. The number of pyridine rings is 1. The van der Waals surface area contributed by atoms with Crippen molar-refractivity contribution in [3.8, 4) is 0 Å². The molecular weight excluding hydrogens is 296 g/mol. The summed E-state index contributed by atoms with van der Waals surface area (Å²) in [5.74, 6) is 0.697. The molecule has 1 heterocycles. The molecule has 22 heavy (non-hydrogen) atoms. The molecule has 4 nitrogen and oxygen atoms in total. The zero-order chi connectivity index (χ0) is 15.7. The van der Waals surface area contributed by atoms with Crippen LogP contribution >= 0.6 is 0 Å². The van der Waals surface area contributed by atoms with Gasteiger partial charge in [-0.2, -0.15) is 0 Å². The van der Waals surface area contributed by atoms with Crippen molar-refractivity contribution in [2.75, 3.05) is 0 Å². The summed E-state index contributed by atoms with van der Waals surface area (Å²) >= 11 is 0. The van der Waals surface area contributed by atoms with Crippen LogP contribution in [0.15, 0.2) is 35.4 Å². The van der Waals surface area contributed by atoms with Gasteiger partial charge in [-0.3, -0.25) is 4.98 Å². The third-order valence-electron chi connectivity index (χ3n) is 4.44. The van der Waals surface area contributed by atoms with Gasteiger partial charge in [-0.1, -0.05) is 19.1 Å². The van der Waals surface area contributed by atoms with Crippen LogP contribution in [0.4, 0.5) is 0 Å². The Kier molecular flexibility index (Phi) is 4.19. The number of rotatable bonds is 3. The summed E-state index contributed by atoms with van der Waals surface area (Å²) in [6, 6.07) is 7.32. The van der Waals surface area contributed by atoms with Crippen molar-refractivity contribution in [1.29, 1.82) is 0 Å². The van der Waals surface area contributed by atoms with E-state index in [-0.39, 0.29) is 10.9 Å². The molecule has 1 aromatic carbocycles. The molecule has 0 radical (unpaired) electrons. The van der Waals surface area contributed by atoms with E-state index < -0.39 is 10.0 Å². The second-order valence-corrected chi connectivity index (χ2v) is 8.10. The van der Waals surface area contributed by atoms with Gasteiger partial charge >= 0.3 is 0 Å². The Morgan fingerprint density at radius 3 is 2.64 bits per heavy atom. The van der Waals surface area contributed by atoms with Crippen LogP contribution in [0, 0.1) is 12.8 Å². The fraction of sp³-hybridized carbons (Fsp3) is 0.471. The van der Waals surface area contributed by atoms with E-state index in [4.69, 9.17) is 0 Å².